The number of nitriles is 1. The zero-order valence-electron chi connectivity index (χ0n) is 13.2. The number of hydrogen-bond acceptors (Lipinski definition) is 3. The minimum atomic E-state index is -0.529. The Morgan fingerprint density at radius 3 is 2.36 bits per heavy atom. The third kappa shape index (κ3) is 5.07. The minimum absolute atomic E-state index is 0.0602. The van der Waals surface area contributed by atoms with Crippen LogP contribution in [0.5, 0.6) is 5.75 Å². The Balaban J connectivity index is 1.83. The summed E-state index contributed by atoms with van der Waals surface area (Å²) in [5.74, 6) is 0.550. The van der Waals surface area contributed by atoms with Gasteiger partial charge in [0.05, 0.1) is 11.6 Å². The van der Waals surface area contributed by atoms with E-state index in [1.54, 1.807) is 31.2 Å². The molecular weight excluding hydrogens is 276 g/mol. The van der Waals surface area contributed by atoms with Crippen LogP contribution in [0.1, 0.15) is 57.4 Å². The number of carbonyl (C=O) groups excluding carboxylic acids is 1. The van der Waals surface area contributed by atoms with Gasteiger partial charge in [-0.3, -0.25) is 4.79 Å². The van der Waals surface area contributed by atoms with Crippen LogP contribution in [0.15, 0.2) is 24.3 Å². The molecule has 0 bridgehead atoms. The van der Waals surface area contributed by atoms with E-state index in [2.05, 4.69) is 11.4 Å². The number of ether oxygens (including phenoxy) is 1. The van der Waals surface area contributed by atoms with Crippen LogP contribution in [0.25, 0.3) is 0 Å². The Morgan fingerprint density at radius 2 is 1.77 bits per heavy atom. The van der Waals surface area contributed by atoms with Crippen molar-refractivity contribution in [3.8, 4) is 11.8 Å². The highest BCUT2D eigenvalue weighted by molar-refractivity contribution is 5.81. The lowest BCUT2D eigenvalue weighted by Crippen LogP contribution is -2.42. The van der Waals surface area contributed by atoms with Crippen molar-refractivity contribution >= 4 is 5.91 Å². The Hall–Kier alpha value is -2.02. The lowest BCUT2D eigenvalue weighted by atomic mass is 9.96. The number of hydrogen-bond donors (Lipinski definition) is 1. The van der Waals surface area contributed by atoms with E-state index in [0.717, 1.165) is 12.8 Å². The van der Waals surface area contributed by atoms with E-state index in [4.69, 9.17) is 10.00 Å². The molecule has 118 valence electrons. The van der Waals surface area contributed by atoms with Gasteiger partial charge in [0, 0.05) is 6.04 Å². The van der Waals surface area contributed by atoms with Crippen molar-refractivity contribution in [3.05, 3.63) is 29.8 Å². The Bertz CT molecular complexity index is 511. The number of rotatable bonds is 4. The molecule has 1 N–H and O–H groups in total. The van der Waals surface area contributed by atoms with Gasteiger partial charge >= 0.3 is 0 Å². The number of benzene rings is 1. The third-order valence-electron chi connectivity index (χ3n) is 4.12. The molecule has 1 atom stereocenters. The van der Waals surface area contributed by atoms with Gasteiger partial charge in [0.2, 0.25) is 0 Å². The molecule has 1 aromatic rings. The highest BCUT2D eigenvalue weighted by atomic mass is 16.5. The van der Waals surface area contributed by atoms with Crippen LogP contribution in [0.3, 0.4) is 0 Å². The summed E-state index contributed by atoms with van der Waals surface area (Å²) in [6.45, 7) is 1.76. The molecule has 1 aliphatic rings. The van der Waals surface area contributed by atoms with E-state index in [1.165, 1.54) is 32.1 Å². The molecule has 4 nitrogen and oxygen atoms in total. The van der Waals surface area contributed by atoms with Gasteiger partial charge in [-0.05, 0) is 44.0 Å². The Morgan fingerprint density at radius 1 is 1.18 bits per heavy atom. The summed E-state index contributed by atoms with van der Waals surface area (Å²) in [6.07, 6.45) is 7.83. The van der Waals surface area contributed by atoms with Crippen molar-refractivity contribution in [1.29, 1.82) is 5.26 Å². The fourth-order valence-corrected chi connectivity index (χ4v) is 2.78. The van der Waals surface area contributed by atoms with Crippen LogP contribution < -0.4 is 10.1 Å². The second-order valence-corrected chi connectivity index (χ2v) is 5.95. The maximum Gasteiger partial charge on any atom is 0.260 e. The first-order chi connectivity index (χ1) is 10.7. The second kappa shape index (κ2) is 8.43. The topological polar surface area (TPSA) is 62.1 Å². The summed E-state index contributed by atoms with van der Waals surface area (Å²) in [5, 5.41) is 11.9. The quantitative estimate of drug-likeness (QED) is 0.925. The zero-order chi connectivity index (χ0) is 15.8. The van der Waals surface area contributed by atoms with Gasteiger partial charge in [-0.1, -0.05) is 32.1 Å². The molecule has 22 heavy (non-hydrogen) atoms. The Kier molecular flexibility index (Phi) is 6.27. The first-order valence-electron chi connectivity index (χ1n) is 8.16. The molecule has 1 amide bonds. The van der Waals surface area contributed by atoms with Gasteiger partial charge in [-0.2, -0.15) is 5.26 Å². The average Bonchev–Trinajstić information content (AvgIpc) is 2.50. The predicted molar refractivity (Wildman–Crippen MR) is 85.5 cm³/mol. The molecule has 0 saturated heterocycles. The molecule has 0 heterocycles. The SMILES string of the molecule is CC(Oc1ccc(C#N)cc1)C(=O)NC1CCCCCCC1. The molecule has 0 aliphatic heterocycles. The minimum Gasteiger partial charge on any atom is -0.481 e. The maximum absolute atomic E-state index is 12.2. The van der Waals surface area contributed by atoms with Crippen LogP contribution >= 0.6 is 0 Å². The van der Waals surface area contributed by atoms with Gasteiger partial charge in [0.1, 0.15) is 5.75 Å². The average molecular weight is 300 g/mol. The number of nitrogens with zero attached hydrogens (tertiary/aromatic N) is 1. The highest BCUT2D eigenvalue weighted by Gasteiger charge is 2.19. The summed E-state index contributed by atoms with van der Waals surface area (Å²) in [7, 11) is 0. The van der Waals surface area contributed by atoms with Crippen LogP contribution in [-0.2, 0) is 4.79 Å². The third-order valence-corrected chi connectivity index (χ3v) is 4.12. The van der Waals surface area contributed by atoms with E-state index < -0.39 is 6.10 Å². The fraction of sp³-hybridized carbons (Fsp3) is 0.556. The number of amides is 1. The number of carbonyl (C=O) groups is 1. The van der Waals surface area contributed by atoms with Gasteiger partial charge in [-0.15, -0.1) is 0 Å². The molecule has 1 aromatic carbocycles. The molecule has 1 unspecified atom stereocenters. The van der Waals surface area contributed by atoms with Crippen LogP contribution in [0.2, 0.25) is 0 Å². The molecular formula is C18H24N2O2. The van der Waals surface area contributed by atoms with Crippen molar-refractivity contribution in [1.82, 2.24) is 5.32 Å². The van der Waals surface area contributed by atoms with E-state index in [1.807, 2.05) is 0 Å². The Labute approximate surface area is 132 Å². The summed E-state index contributed by atoms with van der Waals surface area (Å²) >= 11 is 0. The summed E-state index contributed by atoms with van der Waals surface area (Å²) in [4.78, 5) is 12.2. The lowest BCUT2D eigenvalue weighted by Gasteiger charge is -2.23. The smallest absolute Gasteiger partial charge is 0.260 e. The normalized spacial score (nSPS) is 17.6. The van der Waals surface area contributed by atoms with E-state index in [0.29, 0.717) is 11.3 Å². The molecule has 4 heteroatoms. The fourth-order valence-electron chi connectivity index (χ4n) is 2.78. The first-order valence-corrected chi connectivity index (χ1v) is 8.16. The van der Waals surface area contributed by atoms with Crippen molar-refractivity contribution < 1.29 is 9.53 Å². The summed E-state index contributed by atoms with van der Waals surface area (Å²) < 4.78 is 5.65. The van der Waals surface area contributed by atoms with E-state index in [9.17, 15) is 4.79 Å². The molecule has 2 rings (SSSR count). The lowest BCUT2D eigenvalue weighted by molar-refractivity contribution is -0.128. The van der Waals surface area contributed by atoms with Gasteiger partial charge in [0.25, 0.3) is 5.91 Å². The van der Waals surface area contributed by atoms with E-state index in [-0.39, 0.29) is 11.9 Å². The van der Waals surface area contributed by atoms with Crippen molar-refractivity contribution in [2.45, 2.75) is 64.0 Å². The standard InChI is InChI=1S/C18H24N2O2/c1-14(22-17-11-9-15(13-19)10-12-17)18(21)20-16-7-5-3-2-4-6-8-16/h9-12,14,16H,2-8H2,1H3,(H,20,21). The largest absolute Gasteiger partial charge is 0.481 e. The predicted octanol–water partition coefficient (Wildman–Crippen LogP) is 3.55. The van der Waals surface area contributed by atoms with Crippen molar-refractivity contribution in [3.63, 3.8) is 0 Å². The number of nitrogens with one attached hydrogen (secondary N) is 1. The second-order valence-electron chi connectivity index (χ2n) is 5.95. The highest BCUT2D eigenvalue weighted by Crippen LogP contribution is 2.18. The first kappa shape index (κ1) is 16.4. The monoisotopic (exact) mass is 300 g/mol. The molecule has 1 fully saturated rings. The van der Waals surface area contributed by atoms with Crippen LogP contribution in [0, 0.1) is 11.3 Å². The van der Waals surface area contributed by atoms with Crippen LogP contribution in [0.4, 0.5) is 0 Å². The zero-order valence-corrected chi connectivity index (χ0v) is 13.2. The van der Waals surface area contributed by atoms with Gasteiger partial charge < -0.3 is 10.1 Å². The van der Waals surface area contributed by atoms with E-state index >= 15 is 0 Å². The molecule has 0 aromatic heterocycles. The van der Waals surface area contributed by atoms with Crippen molar-refractivity contribution in [2.75, 3.05) is 0 Å². The van der Waals surface area contributed by atoms with Crippen molar-refractivity contribution in [2.24, 2.45) is 0 Å². The summed E-state index contributed by atoms with van der Waals surface area (Å²) in [5.41, 5.74) is 0.582. The van der Waals surface area contributed by atoms with Gasteiger partial charge in [0.15, 0.2) is 6.10 Å². The maximum atomic E-state index is 12.2. The molecule has 0 spiro atoms. The van der Waals surface area contributed by atoms with Crippen LogP contribution in [-0.4, -0.2) is 18.1 Å². The summed E-state index contributed by atoms with van der Waals surface area (Å²) in [6, 6.07) is 9.16. The molecule has 0 radical (unpaired) electrons. The van der Waals surface area contributed by atoms with Gasteiger partial charge in [-0.25, -0.2) is 0 Å². The molecule has 1 saturated carbocycles. The molecule has 1 aliphatic carbocycles.